The molecular formula is C19H26N6O. The van der Waals surface area contributed by atoms with Gasteiger partial charge in [-0.1, -0.05) is 46.2 Å². The van der Waals surface area contributed by atoms with Crippen molar-refractivity contribution in [1.82, 2.24) is 19.8 Å². The summed E-state index contributed by atoms with van der Waals surface area (Å²) in [6.07, 6.45) is 3.07. The van der Waals surface area contributed by atoms with E-state index in [4.69, 9.17) is 4.74 Å². The highest BCUT2D eigenvalue weighted by molar-refractivity contribution is 5.68. The minimum Gasteiger partial charge on any atom is -0.494 e. The van der Waals surface area contributed by atoms with E-state index < -0.39 is 0 Å². The number of aryl methyl sites for hydroxylation is 1. The van der Waals surface area contributed by atoms with Gasteiger partial charge in [-0.3, -0.25) is 5.10 Å². The lowest BCUT2D eigenvalue weighted by Gasteiger charge is -2.16. The van der Waals surface area contributed by atoms with Crippen LogP contribution in [0, 0.1) is 0 Å². The number of azo groups is 1. The van der Waals surface area contributed by atoms with Crippen LogP contribution in [0.5, 0.6) is 5.75 Å². The van der Waals surface area contributed by atoms with Gasteiger partial charge in [0.25, 0.3) is 0 Å². The third kappa shape index (κ3) is 3.47. The fraction of sp³-hybridized carbons (Fsp3) is 0.474. The fourth-order valence-electron chi connectivity index (χ4n) is 2.79. The summed E-state index contributed by atoms with van der Waals surface area (Å²) in [4.78, 5) is 0. The first-order chi connectivity index (χ1) is 12.5. The second-order valence-corrected chi connectivity index (χ2v) is 7.34. The lowest BCUT2D eigenvalue weighted by Crippen LogP contribution is -2.13. The fourth-order valence-corrected chi connectivity index (χ4v) is 2.79. The predicted molar refractivity (Wildman–Crippen MR) is 102 cm³/mol. The van der Waals surface area contributed by atoms with Gasteiger partial charge in [-0.2, -0.15) is 0 Å². The van der Waals surface area contributed by atoms with Crippen LogP contribution in [0.3, 0.4) is 0 Å². The largest absolute Gasteiger partial charge is 0.494 e. The smallest absolute Gasteiger partial charge is 0.205 e. The number of hydrogen-bond donors (Lipinski definition) is 1. The molecule has 0 spiro atoms. The number of methoxy groups -OCH3 is 1. The Morgan fingerprint density at radius 3 is 2.62 bits per heavy atom. The first-order valence-electron chi connectivity index (χ1n) is 8.97. The van der Waals surface area contributed by atoms with E-state index in [0.717, 1.165) is 36.5 Å². The molecular weight excluding hydrogens is 328 g/mol. The lowest BCUT2D eigenvalue weighted by atomic mass is 9.91. The molecule has 0 unspecified atom stereocenters. The maximum Gasteiger partial charge on any atom is 0.205 e. The SMILES string of the molecule is CCCCc1nnc2c(N=Nc3ccccc3OC)c(C(C)(C)C)[nH]n12. The first kappa shape index (κ1) is 18.1. The molecule has 26 heavy (non-hydrogen) atoms. The molecule has 0 saturated heterocycles. The third-order valence-electron chi connectivity index (χ3n) is 4.25. The molecule has 0 amide bonds. The molecule has 1 N–H and O–H groups in total. The summed E-state index contributed by atoms with van der Waals surface area (Å²) in [6.45, 7) is 8.58. The Morgan fingerprint density at radius 2 is 1.92 bits per heavy atom. The van der Waals surface area contributed by atoms with E-state index in [-0.39, 0.29) is 5.41 Å². The van der Waals surface area contributed by atoms with Crippen LogP contribution in [0.25, 0.3) is 5.65 Å². The number of benzene rings is 1. The van der Waals surface area contributed by atoms with Crippen LogP contribution < -0.4 is 4.74 Å². The summed E-state index contributed by atoms with van der Waals surface area (Å²) in [7, 11) is 1.63. The second kappa shape index (κ2) is 7.27. The average molecular weight is 354 g/mol. The van der Waals surface area contributed by atoms with Gasteiger partial charge in [-0.05, 0) is 18.6 Å². The van der Waals surface area contributed by atoms with E-state index in [2.05, 4.69) is 53.2 Å². The summed E-state index contributed by atoms with van der Waals surface area (Å²) in [5.41, 5.74) is 2.97. The van der Waals surface area contributed by atoms with Crippen molar-refractivity contribution >= 4 is 17.0 Å². The molecule has 0 aliphatic carbocycles. The molecule has 3 aromatic rings. The van der Waals surface area contributed by atoms with Gasteiger partial charge in [0.05, 0.1) is 12.8 Å². The molecule has 0 bridgehead atoms. The molecule has 1 aromatic carbocycles. The van der Waals surface area contributed by atoms with Gasteiger partial charge in [-0.15, -0.1) is 20.4 Å². The molecule has 0 atom stereocenters. The highest BCUT2D eigenvalue weighted by Crippen LogP contribution is 2.36. The minimum absolute atomic E-state index is 0.127. The van der Waals surface area contributed by atoms with Gasteiger partial charge in [0.1, 0.15) is 11.4 Å². The number of para-hydroxylation sites is 1. The van der Waals surface area contributed by atoms with Crippen molar-refractivity contribution in [3.63, 3.8) is 0 Å². The molecule has 7 nitrogen and oxygen atoms in total. The van der Waals surface area contributed by atoms with Crippen molar-refractivity contribution in [1.29, 1.82) is 0 Å². The molecule has 138 valence electrons. The zero-order chi connectivity index (χ0) is 18.7. The van der Waals surface area contributed by atoms with Gasteiger partial charge in [-0.25, -0.2) is 4.52 Å². The van der Waals surface area contributed by atoms with E-state index in [1.54, 1.807) is 7.11 Å². The summed E-state index contributed by atoms with van der Waals surface area (Å²) in [6, 6.07) is 7.56. The molecule has 0 aliphatic heterocycles. The number of nitrogens with one attached hydrogen (secondary N) is 1. The van der Waals surface area contributed by atoms with Crippen molar-refractivity contribution in [3.8, 4) is 5.75 Å². The Hall–Kier alpha value is -2.70. The Bertz CT molecular complexity index is 916. The van der Waals surface area contributed by atoms with E-state index in [0.29, 0.717) is 17.1 Å². The predicted octanol–water partition coefficient (Wildman–Crippen LogP) is 5.12. The summed E-state index contributed by atoms with van der Waals surface area (Å²) < 4.78 is 7.29. The van der Waals surface area contributed by atoms with Gasteiger partial charge >= 0.3 is 0 Å². The zero-order valence-corrected chi connectivity index (χ0v) is 16.1. The Balaban J connectivity index is 2.08. The van der Waals surface area contributed by atoms with Crippen LogP contribution in [0.15, 0.2) is 34.5 Å². The van der Waals surface area contributed by atoms with Gasteiger partial charge < -0.3 is 4.74 Å². The summed E-state index contributed by atoms with van der Waals surface area (Å²) in [5, 5.41) is 21.0. The van der Waals surface area contributed by atoms with Gasteiger partial charge in [0, 0.05) is 11.8 Å². The normalized spacial score (nSPS) is 12.3. The topological polar surface area (TPSA) is 79.9 Å². The highest BCUT2D eigenvalue weighted by atomic mass is 16.5. The quantitative estimate of drug-likeness (QED) is 0.624. The number of rotatable bonds is 6. The van der Waals surface area contributed by atoms with E-state index >= 15 is 0 Å². The number of fused-ring (bicyclic) bond motifs is 1. The molecule has 0 radical (unpaired) electrons. The minimum atomic E-state index is -0.127. The number of nitrogens with zero attached hydrogens (tertiary/aromatic N) is 5. The maximum atomic E-state index is 5.35. The molecule has 7 heteroatoms. The Labute approximate surface area is 153 Å². The van der Waals surface area contributed by atoms with E-state index in [1.807, 2.05) is 28.8 Å². The molecule has 2 heterocycles. The molecule has 3 rings (SSSR count). The van der Waals surface area contributed by atoms with E-state index in [1.165, 1.54) is 0 Å². The first-order valence-corrected chi connectivity index (χ1v) is 8.97. The Morgan fingerprint density at radius 1 is 1.15 bits per heavy atom. The number of aromatic nitrogens is 4. The van der Waals surface area contributed by atoms with Crippen molar-refractivity contribution in [2.24, 2.45) is 10.2 Å². The molecule has 0 aliphatic rings. The summed E-state index contributed by atoms with van der Waals surface area (Å²) in [5.74, 6) is 1.61. The number of aromatic amines is 1. The van der Waals surface area contributed by atoms with Crippen molar-refractivity contribution in [3.05, 3.63) is 35.8 Å². The number of H-pyrrole nitrogens is 1. The van der Waals surface area contributed by atoms with Crippen molar-refractivity contribution < 1.29 is 4.74 Å². The van der Waals surface area contributed by atoms with Crippen LogP contribution in [-0.2, 0) is 11.8 Å². The lowest BCUT2D eigenvalue weighted by molar-refractivity contribution is 0.416. The van der Waals surface area contributed by atoms with Crippen LogP contribution in [0.1, 0.15) is 52.1 Å². The third-order valence-corrected chi connectivity index (χ3v) is 4.25. The second-order valence-electron chi connectivity index (χ2n) is 7.34. The van der Waals surface area contributed by atoms with Crippen LogP contribution in [0.4, 0.5) is 11.4 Å². The maximum absolute atomic E-state index is 5.35. The zero-order valence-electron chi connectivity index (χ0n) is 16.1. The number of unbranched alkanes of at least 4 members (excludes halogenated alkanes) is 1. The Kier molecular flexibility index (Phi) is 5.06. The molecule has 0 saturated carbocycles. The molecule has 0 fully saturated rings. The number of ether oxygens (including phenoxy) is 1. The standard InChI is InChI=1S/C19H26N6O/c1-6-7-12-15-21-23-18-16(17(19(2,3)4)24-25(15)18)22-20-13-10-8-9-11-14(13)26-5/h8-11,24H,6-7,12H2,1-5H3. The van der Waals surface area contributed by atoms with Crippen LogP contribution in [0.2, 0.25) is 0 Å². The highest BCUT2D eigenvalue weighted by Gasteiger charge is 2.26. The van der Waals surface area contributed by atoms with Crippen LogP contribution >= 0.6 is 0 Å². The molecule has 2 aromatic heterocycles. The van der Waals surface area contributed by atoms with Crippen molar-refractivity contribution in [2.75, 3.05) is 7.11 Å². The number of hydrogen-bond acceptors (Lipinski definition) is 5. The van der Waals surface area contributed by atoms with E-state index in [9.17, 15) is 0 Å². The average Bonchev–Trinajstić information content (AvgIpc) is 3.17. The van der Waals surface area contributed by atoms with Gasteiger partial charge in [0.15, 0.2) is 11.5 Å². The monoisotopic (exact) mass is 354 g/mol. The van der Waals surface area contributed by atoms with Crippen LogP contribution in [-0.4, -0.2) is 26.9 Å². The van der Waals surface area contributed by atoms with Crippen molar-refractivity contribution in [2.45, 2.75) is 52.4 Å². The van der Waals surface area contributed by atoms with Gasteiger partial charge in [0.2, 0.25) is 5.65 Å². The summed E-state index contributed by atoms with van der Waals surface area (Å²) >= 11 is 0.